The molecule has 0 atom stereocenters. The first kappa shape index (κ1) is 16.3. The summed E-state index contributed by atoms with van der Waals surface area (Å²) in [5.41, 5.74) is 2.69. The van der Waals surface area contributed by atoms with E-state index >= 15 is 0 Å². The second-order valence-corrected chi connectivity index (χ2v) is 6.13. The molecule has 1 fully saturated rings. The molecule has 2 N–H and O–H groups in total. The van der Waals surface area contributed by atoms with E-state index in [1.54, 1.807) is 13.1 Å². The predicted molar refractivity (Wildman–Crippen MR) is 92.2 cm³/mol. The highest BCUT2D eigenvalue weighted by Crippen LogP contribution is 2.17. The van der Waals surface area contributed by atoms with E-state index in [9.17, 15) is 9.59 Å². The van der Waals surface area contributed by atoms with Crippen LogP contribution >= 0.6 is 0 Å². The number of benzene rings is 1. The molecule has 1 aromatic heterocycles. The van der Waals surface area contributed by atoms with Crippen LogP contribution in [0.1, 0.15) is 38.5 Å². The van der Waals surface area contributed by atoms with E-state index in [1.807, 2.05) is 36.4 Å². The van der Waals surface area contributed by atoms with Crippen molar-refractivity contribution in [2.24, 2.45) is 5.92 Å². The lowest BCUT2D eigenvalue weighted by molar-refractivity contribution is 0.0945. The fourth-order valence-electron chi connectivity index (χ4n) is 2.76. The Bertz CT molecular complexity index is 740. The molecule has 2 aromatic rings. The summed E-state index contributed by atoms with van der Waals surface area (Å²) < 4.78 is 0. The molecule has 24 heavy (non-hydrogen) atoms. The van der Waals surface area contributed by atoms with E-state index in [0.29, 0.717) is 30.0 Å². The maximum absolute atomic E-state index is 12.5. The van der Waals surface area contributed by atoms with Crippen LogP contribution in [0.5, 0.6) is 0 Å². The lowest BCUT2D eigenvalue weighted by atomic mass is 9.93. The molecule has 5 nitrogen and oxygen atoms in total. The lowest BCUT2D eigenvalue weighted by Gasteiger charge is -2.26. The molecule has 0 radical (unpaired) electrons. The van der Waals surface area contributed by atoms with E-state index in [-0.39, 0.29) is 11.7 Å². The molecule has 2 heterocycles. The highest BCUT2D eigenvalue weighted by atomic mass is 16.1. The van der Waals surface area contributed by atoms with Crippen molar-refractivity contribution in [2.75, 3.05) is 20.1 Å². The summed E-state index contributed by atoms with van der Waals surface area (Å²) in [6.45, 7) is 1.77. The van der Waals surface area contributed by atoms with Gasteiger partial charge in [0, 0.05) is 31.1 Å². The topological polar surface area (TPSA) is 71.1 Å². The van der Waals surface area contributed by atoms with Gasteiger partial charge in [-0.05, 0) is 36.7 Å². The highest BCUT2D eigenvalue weighted by molar-refractivity contribution is 5.99. The zero-order valence-electron chi connectivity index (χ0n) is 13.7. The summed E-state index contributed by atoms with van der Waals surface area (Å²) in [5.74, 6) is 0.194. The number of carbonyl (C=O) groups excluding carboxylic acids is 2. The van der Waals surface area contributed by atoms with Crippen molar-refractivity contribution in [1.29, 1.82) is 0 Å². The molecule has 0 bridgehead atoms. The van der Waals surface area contributed by atoms with E-state index in [1.165, 1.54) is 0 Å². The Morgan fingerprint density at radius 2 is 1.96 bits per heavy atom. The summed E-state index contributed by atoms with van der Waals surface area (Å²) in [7, 11) is 1.56. The number of rotatable bonds is 6. The van der Waals surface area contributed by atoms with E-state index in [2.05, 4.69) is 15.6 Å². The highest BCUT2D eigenvalue weighted by Gasteiger charge is 2.22. The molecule has 3 rings (SSSR count). The van der Waals surface area contributed by atoms with Crippen molar-refractivity contribution in [2.45, 2.75) is 12.8 Å². The minimum absolute atomic E-state index is 0.0726. The van der Waals surface area contributed by atoms with Crippen LogP contribution in [-0.4, -0.2) is 36.8 Å². The van der Waals surface area contributed by atoms with Gasteiger partial charge in [-0.2, -0.15) is 0 Å². The van der Waals surface area contributed by atoms with Crippen LogP contribution in [0.15, 0.2) is 42.5 Å². The average Bonchev–Trinajstić information content (AvgIpc) is 2.57. The Hall–Kier alpha value is -2.53. The first-order valence-electron chi connectivity index (χ1n) is 8.16. The van der Waals surface area contributed by atoms with Gasteiger partial charge in [-0.3, -0.25) is 9.59 Å². The standard InChI is InChI=1S/C19H21N3O2/c1-20-19(24)17-10-15(18(23)8-14-11-21-12-14)9-16(22-17)7-13-5-3-2-4-6-13/h2-6,9-10,14,21H,7-8,11-12H2,1H3,(H,20,24). The largest absolute Gasteiger partial charge is 0.354 e. The smallest absolute Gasteiger partial charge is 0.269 e. The molecule has 0 aliphatic carbocycles. The molecular weight excluding hydrogens is 302 g/mol. The molecule has 1 aliphatic heterocycles. The zero-order valence-corrected chi connectivity index (χ0v) is 13.7. The molecule has 1 aliphatic rings. The Balaban J connectivity index is 1.87. The van der Waals surface area contributed by atoms with Crippen LogP contribution in [0, 0.1) is 5.92 Å². The van der Waals surface area contributed by atoms with Crippen molar-refractivity contribution in [1.82, 2.24) is 15.6 Å². The van der Waals surface area contributed by atoms with Crippen LogP contribution in [0.2, 0.25) is 0 Å². The first-order valence-corrected chi connectivity index (χ1v) is 8.16. The predicted octanol–water partition coefficient (Wildman–Crippen LogP) is 1.82. The maximum atomic E-state index is 12.5. The second-order valence-electron chi connectivity index (χ2n) is 6.13. The van der Waals surface area contributed by atoms with Gasteiger partial charge >= 0.3 is 0 Å². The number of pyridine rings is 1. The maximum Gasteiger partial charge on any atom is 0.269 e. The average molecular weight is 323 g/mol. The minimum atomic E-state index is -0.274. The fraction of sp³-hybridized carbons (Fsp3) is 0.316. The zero-order chi connectivity index (χ0) is 16.9. The molecule has 1 aromatic carbocycles. The quantitative estimate of drug-likeness (QED) is 0.796. The van der Waals surface area contributed by atoms with Crippen LogP contribution < -0.4 is 10.6 Å². The number of hydrogen-bond acceptors (Lipinski definition) is 4. The summed E-state index contributed by atoms with van der Waals surface area (Å²) in [4.78, 5) is 28.9. The number of Topliss-reactive ketones (excluding diaryl/α,β-unsaturated/α-hetero) is 1. The van der Waals surface area contributed by atoms with E-state index in [4.69, 9.17) is 0 Å². The normalized spacial score (nSPS) is 14.0. The number of carbonyl (C=O) groups is 2. The van der Waals surface area contributed by atoms with Crippen LogP contribution in [0.4, 0.5) is 0 Å². The van der Waals surface area contributed by atoms with Crippen LogP contribution in [0.3, 0.4) is 0 Å². The summed E-state index contributed by atoms with van der Waals surface area (Å²) in [6, 6.07) is 13.3. The third kappa shape index (κ3) is 3.86. The molecule has 1 amide bonds. The third-order valence-electron chi connectivity index (χ3n) is 4.23. The number of amides is 1. The number of hydrogen-bond donors (Lipinski definition) is 2. The number of aromatic nitrogens is 1. The van der Waals surface area contributed by atoms with Crippen molar-refractivity contribution in [3.63, 3.8) is 0 Å². The number of nitrogens with one attached hydrogen (secondary N) is 2. The van der Waals surface area contributed by atoms with Gasteiger partial charge in [0.2, 0.25) is 0 Å². The van der Waals surface area contributed by atoms with Crippen molar-refractivity contribution in [3.05, 3.63) is 65.0 Å². The van der Waals surface area contributed by atoms with Crippen molar-refractivity contribution < 1.29 is 9.59 Å². The van der Waals surface area contributed by atoms with Gasteiger partial charge < -0.3 is 10.6 Å². The summed E-state index contributed by atoms with van der Waals surface area (Å²) >= 11 is 0. The van der Waals surface area contributed by atoms with Crippen LogP contribution in [0.25, 0.3) is 0 Å². The minimum Gasteiger partial charge on any atom is -0.354 e. The van der Waals surface area contributed by atoms with E-state index < -0.39 is 0 Å². The Morgan fingerprint density at radius 3 is 2.58 bits per heavy atom. The van der Waals surface area contributed by atoms with Crippen molar-refractivity contribution in [3.8, 4) is 0 Å². The molecule has 0 unspecified atom stereocenters. The van der Waals surface area contributed by atoms with Gasteiger partial charge in [0.1, 0.15) is 5.69 Å². The number of nitrogens with zero attached hydrogens (tertiary/aromatic N) is 1. The first-order chi connectivity index (χ1) is 11.7. The molecule has 1 saturated heterocycles. The number of ketones is 1. The van der Waals surface area contributed by atoms with Gasteiger partial charge in [0.05, 0.1) is 0 Å². The summed E-state index contributed by atoms with van der Waals surface area (Å²) in [5, 5.41) is 5.75. The Labute approximate surface area is 141 Å². The molecule has 124 valence electrons. The molecule has 0 saturated carbocycles. The van der Waals surface area contributed by atoms with Gasteiger partial charge in [-0.15, -0.1) is 0 Å². The monoisotopic (exact) mass is 323 g/mol. The Kier molecular flexibility index (Phi) is 5.01. The SMILES string of the molecule is CNC(=O)c1cc(C(=O)CC2CNC2)cc(Cc2ccccc2)n1. The second kappa shape index (κ2) is 7.36. The molecule has 5 heteroatoms. The van der Waals surface area contributed by atoms with E-state index in [0.717, 1.165) is 24.3 Å². The van der Waals surface area contributed by atoms with Gasteiger partial charge in [0.15, 0.2) is 5.78 Å². The van der Waals surface area contributed by atoms with Crippen molar-refractivity contribution >= 4 is 11.7 Å². The third-order valence-corrected chi connectivity index (χ3v) is 4.23. The van der Waals surface area contributed by atoms with Gasteiger partial charge in [0.25, 0.3) is 5.91 Å². The van der Waals surface area contributed by atoms with Crippen LogP contribution in [-0.2, 0) is 6.42 Å². The van der Waals surface area contributed by atoms with Gasteiger partial charge in [-0.25, -0.2) is 4.98 Å². The Morgan fingerprint density at radius 1 is 1.21 bits per heavy atom. The fourth-order valence-corrected chi connectivity index (χ4v) is 2.76. The van der Waals surface area contributed by atoms with Gasteiger partial charge in [-0.1, -0.05) is 30.3 Å². The summed E-state index contributed by atoms with van der Waals surface area (Å²) in [6.07, 6.45) is 1.10. The molecular formula is C19H21N3O2. The lowest BCUT2D eigenvalue weighted by Crippen LogP contribution is -2.42. The molecule has 0 spiro atoms.